The molecule has 0 aromatic carbocycles. The van der Waals surface area contributed by atoms with Crippen LogP contribution in [0, 0.1) is 17.3 Å². The Hall–Kier alpha value is -2.93. The molecule has 0 aromatic rings. The second kappa shape index (κ2) is 9.96. The lowest BCUT2D eigenvalue weighted by Crippen LogP contribution is -2.19. The lowest BCUT2D eigenvalue weighted by molar-refractivity contribution is -0.133. The Morgan fingerprint density at radius 3 is 1.67 bits per heavy atom. The van der Waals surface area contributed by atoms with Crippen LogP contribution in [0.5, 0.6) is 0 Å². The highest BCUT2D eigenvalue weighted by Crippen LogP contribution is 2.20. The molecular weight excluding hydrogens is 324 g/mol. The topological polar surface area (TPSA) is 173 Å². The zero-order chi connectivity index (χ0) is 18.8. The van der Waals surface area contributed by atoms with Crippen LogP contribution in [-0.4, -0.2) is 68.4 Å². The predicted molar refractivity (Wildman–Crippen MR) is 79.7 cm³/mol. The summed E-state index contributed by atoms with van der Waals surface area (Å²) in [7, 11) is 0. The highest BCUT2D eigenvalue weighted by atomic mass is 16.4. The molecule has 0 saturated carbocycles. The quantitative estimate of drug-likeness (QED) is 0.230. The van der Waals surface area contributed by atoms with E-state index in [9.17, 15) is 19.5 Å². The van der Waals surface area contributed by atoms with Crippen molar-refractivity contribution in [3.05, 3.63) is 35.5 Å². The Morgan fingerprint density at radius 2 is 1.38 bits per heavy atom. The minimum absolute atomic E-state index is 0.365. The first-order valence-corrected chi connectivity index (χ1v) is 6.36. The number of rotatable bonds is 8. The van der Waals surface area contributed by atoms with Crippen molar-refractivity contribution in [3.63, 3.8) is 0 Å². The van der Waals surface area contributed by atoms with Gasteiger partial charge in [0, 0.05) is 17.7 Å². The molecule has 0 spiro atoms. The van der Waals surface area contributed by atoms with Crippen molar-refractivity contribution in [2.75, 3.05) is 19.8 Å². The lowest BCUT2D eigenvalue weighted by Gasteiger charge is -2.17. The molecule has 0 rings (SSSR count). The Labute approximate surface area is 136 Å². The fraction of sp³-hybridized carbons (Fsp3) is 0.267. The van der Waals surface area contributed by atoms with Crippen LogP contribution in [0.25, 0.3) is 0 Å². The second-order valence-electron chi connectivity index (χ2n) is 4.37. The largest absolute Gasteiger partial charge is 0.478 e. The molecule has 0 saturated heterocycles. The molecule has 130 valence electrons. The fourth-order valence-electron chi connectivity index (χ4n) is 1.42. The van der Waals surface area contributed by atoms with Gasteiger partial charge in [0.1, 0.15) is 0 Å². The number of hydrogen-bond acceptors (Lipinski definition) is 6. The van der Waals surface area contributed by atoms with E-state index < -0.39 is 48.7 Å². The summed E-state index contributed by atoms with van der Waals surface area (Å²) in [6.45, 7) is -2.56. The minimum atomic E-state index is -1.74. The molecule has 6 N–H and O–H groups in total. The summed E-state index contributed by atoms with van der Waals surface area (Å²) < 4.78 is 0. The van der Waals surface area contributed by atoms with Crippen molar-refractivity contribution in [1.82, 2.24) is 0 Å². The molecule has 0 fully saturated rings. The molecule has 9 nitrogen and oxygen atoms in total. The van der Waals surface area contributed by atoms with Crippen LogP contribution in [0.4, 0.5) is 0 Å². The van der Waals surface area contributed by atoms with Crippen LogP contribution in [-0.2, 0) is 14.4 Å². The van der Waals surface area contributed by atoms with E-state index in [0.717, 1.165) is 12.2 Å². The molecule has 0 amide bonds. The summed E-state index contributed by atoms with van der Waals surface area (Å²) in [6.07, 6.45) is 3.08. The molecule has 9 heteroatoms. The van der Waals surface area contributed by atoms with Gasteiger partial charge in [-0.1, -0.05) is 24.0 Å². The number of carbonyl (C=O) groups is 3. The van der Waals surface area contributed by atoms with E-state index in [1.165, 1.54) is 0 Å². The SMILES string of the molecule is O=C(O)C=CC(C#CC(CO)=C(CO)C(=O)O)(C=CC(=O)O)CO. The van der Waals surface area contributed by atoms with Crippen LogP contribution >= 0.6 is 0 Å². The monoisotopic (exact) mass is 340 g/mol. The molecular formula is C15H16O9. The number of aliphatic hydroxyl groups excluding tert-OH is 3. The third-order valence-electron chi connectivity index (χ3n) is 2.69. The van der Waals surface area contributed by atoms with Crippen LogP contribution in [0.1, 0.15) is 0 Å². The zero-order valence-corrected chi connectivity index (χ0v) is 12.3. The summed E-state index contributed by atoms with van der Waals surface area (Å²) in [4.78, 5) is 32.2. The first-order chi connectivity index (χ1) is 11.2. The Morgan fingerprint density at radius 1 is 0.875 bits per heavy atom. The number of aliphatic carboxylic acids is 3. The van der Waals surface area contributed by atoms with Gasteiger partial charge in [-0.2, -0.15) is 0 Å². The van der Waals surface area contributed by atoms with Gasteiger partial charge < -0.3 is 30.6 Å². The molecule has 0 heterocycles. The van der Waals surface area contributed by atoms with Crippen LogP contribution in [0.2, 0.25) is 0 Å². The van der Waals surface area contributed by atoms with E-state index in [1.807, 2.05) is 0 Å². The van der Waals surface area contributed by atoms with Crippen LogP contribution in [0.3, 0.4) is 0 Å². The normalized spacial score (nSPS) is 14.6. The molecule has 24 heavy (non-hydrogen) atoms. The van der Waals surface area contributed by atoms with E-state index in [-0.39, 0.29) is 5.57 Å². The molecule has 0 aromatic heterocycles. The molecule has 0 atom stereocenters. The first kappa shape index (κ1) is 21.1. The summed E-state index contributed by atoms with van der Waals surface area (Å²) in [5.41, 5.74) is -2.69. The van der Waals surface area contributed by atoms with E-state index in [2.05, 4.69) is 11.8 Å². The third kappa shape index (κ3) is 6.89. The smallest absolute Gasteiger partial charge is 0.334 e. The number of aliphatic hydroxyl groups is 3. The van der Waals surface area contributed by atoms with Crippen LogP contribution < -0.4 is 0 Å². The van der Waals surface area contributed by atoms with Crippen molar-refractivity contribution in [2.45, 2.75) is 0 Å². The van der Waals surface area contributed by atoms with Crippen LogP contribution in [0.15, 0.2) is 35.5 Å². The molecule has 0 unspecified atom stereocenters. The van der Waals surface area contributed by atoms with Gasteiger partial charge in [-0.15, -0.1) is 0 Å². The van der Waals surface area contributed by atoms with Gasteiger partial charge in [0.15, 0.2) is 0 Å². The maximum atomic E-state index is 10.9. The van der Waals surface area contributed by atoms with Gasteiger partial charge in [-0.05, 0) is 0 Å². The van der Waals surface area contributed by atoms with Crippen molar-refractivity contribution >= 4 is 17.9 Å². The maximum Gasteiger partial charge on any atom is 0.334 e. The minimum Gasteiger partial charge on any atom is -0.478 e. The fourth-order valence-corrected chi connectivity index (χ4v) is 1.42. The summed E-state index contributed by atoms with van der Waals surface area (Å²) in [5.74, 6) is 0.279. The molecule has 0 aliphatic rings. The van der Waals surface area contributed by atoms with E-state index in [1.54, 1.807) is 0 Å². The summed E-state index contributed by atoms with van der Waals surface area (Å²) >= 11 is 0. The van der Waals surface area contributed by atoms with Gasteiger partial charge in [-0.3, -0.25) is 0 Å². The highest BCUT2D eigenvalue weighted by molar-refractivity contribution is 5.89. The summed E-state index contributed by atoms with van der Waals surface area (Å²) in [6, 6.07) is 0. The number of carboxylic acids is 3. The van der Waals surface area contributed by atoms with Gasteiger partial charge >= 0.3 is 17.9 Å². The average Bonchev–Trinajstić information content (AvgIpc) is 2.52. The number of carboxylic acid groups (broad SMARTS) is 3. The van der Waals surface area contributed by atoms with Crippen molar-refractivity contribution in [2.24, 2.45) is 5.41 Å². The lowest BCUT2D eigenvalue weighted by atomic mass is 9.88. The van der Waals surface area contributed by atoms with E-state index in [0.29, 0.717) is 12.2 Å². The van der Waals surface area contributed by atoms with E-state index in [4.69, 9.17) is 25.5 Å². The highest BCUT2D eigenvalue weighted by Gasteiger charge is 2.22. The third-order valence-corrected chi connectivity index (χ3v) is 2.69. The molecule has 0 radical (unpaired) electrons. The average molecular weight is 340 g/mol. The van der Waals surface area contributed by atoms with Crippen molar-refractivity contribution < 1.29 is 45.0 Å². The second-order valence-corrected chi connectivity index (χ2v) is 4.37. The Bertz CT molecular complexity index is 620. The van der Waals surface area contributed by atoms with Crippen molar-refractivity contribution in [1.29, 1.82) is 0 Å². The summed E-state index contributed by atoms with van der Waals surface area (Å²) in [5, 5.41) is 53.8. The molecule has 0 bridgehead atoms. The first-order valence-electron chi connectivity index (χ1n) is 6.36. The van der Waals surface area contributed by atoms with Gasteiger partial charge in [0.25, 0.3) is 0 Å². The van der Waals surface area contributed by atoms with Gasteiger partial charge in [0.05, 0.1) is 30.8 Å². The van der Waals surface area contributed by atoms with E-state index >= 15 is 0 Å². The standard InChI is InChI=1S/C15H16O9/c16-7-10(11(8-17)14(23)24)1-4-15(9-18,5-2-12(19)20)6-3-13(21)22/h2-3,5-6,16-18H,7-9H2,(H,19,20)(H,21,22)(H,23,24). The number of hydrogen-bond donors (Lipinski definition) is 6. The maximum absolute atomic E-state index is 10.9. The van der Waals surface area contributed by atoms with Gasteiger partial charge in [-0.25, -0.2) is 14.4 Å². The Kier molecular flexibility index (Phi) is 8.74. The Balaban J connectivity index is 6.16. The predicted octanol–water partition coefficient (Wildman–Crippen LogP) is -1.38. The molecule has 0 aliphatic carbocycles. The molecule has 0 aliphatic heterocycles. The zero-order valence-electron chi connectivity index (χ0n) is 12.3. The van der Waals surface area contributed by atoms with Crippen molar-refractivity contribution in [3.8, 4) is 11.8 Å². The van der Waals surface area contributed by atoms with Gasteiger partial charge in [0.2, 0.25) is 0 Å².